The van der Waals surface area contributed by atoms with Gasteiger partial charge in [-0.3, -0.25) is 4.79 Å². The zero-order valence-corrected chi connectivity index (χ0v) is 16.6. The summed E-state index contributed by atoms with van der Waals surface area (Å²) in [7, 11) is 0. The molecule has 2 aromatic carbocycles. The van der Waals surface area contributed by atoms with Gasteiger partial charge in [0, 0.05) is 11.3 Å². The molecule has 1 saturated heterocycles. The van der Waals surface area contributed by atoms with E-state index in [4.69, 9.17) is 14.2 Å². The summed E-state index contributed by atoms with van der Waals surface area (Å²) in [6.07, 6.45) is 0. The Hall–Kier alpha value is -2.90. The van der Waals surface area contributed by atoms with Crippen LogP contribution in [0.4, 0.5) is 5.69 Å². The fraction of sp³-hybridized carbons (Fsp3) is 0.364. The van der Waals surface area contributed by atoms with E-state index in [1.165, 1.54) is 4.90 Å². The molecule has 29 heavy (non-hydrogen) atoms. The molecule has 0 aliphatic carbocycles. The number of ether oxygens (including phenoxy) is 3. The third-order valence-corrected chi connectivity index (χ3v) is 4.63. The van der Waals surface area contributed by atoms with Crippen LogP contribution in [0.1, 0.15) is 22.8 Å². The average Bonchev–Trinajstić information content (AvgIpc) is 2.75. The maximum atomic E-state index is 12.2. The number of hydrogen-bond acceptors (Lipinski definition) is 5. The third kappa shape index (κ3) is 6.58. The molecule has 0 unspecified atom stereocenters. The minimum Gasteiger partial charge on any atom is -0.494 e. The Morgan fingerprint density at radius 3 is 2.38 bits per heavy atom. The van der Waals surface area contributed by atoms with Crippen LogP contribution in [-0.4, -0.2) is 51.4 Å². The highest BCUT2D eigenvalue weighted by molar-refractivity contribution is 5.95. The number of anilines is 1. The van der Waals surface area contributed by atoms with Gasteiger partial charge >= 0.3 is 5.97 Å². The number of esters is 1. The average molecular weight is 399 g/mol. The SMILES string of the molecule is CCOc1ccc(NC(=O)COC(=O)c2ccc(C[NH+]3CCOCC3)cc2)cc1. The van der Waals surface area contributed by atoms with E-state index in [1.54, 1.807) is 36.4 Å². The number of quaternary nitrogens is 1. The summed E-state index contributed by atoms with van der Waals surface area (Å²) in [5.41, 5.74) is 2.20. The Kier molecular flexibility index (Phi) is 7.61. The molecule has 0 bridgehead atoms. The first kappa shape index (κ1) is 20.8. The monoisotopic (exact) mass is 399 g/mol. The topological polar surface area (TPSA) is 78.3 Å². The van der Waals surface area contributed by atoms with Gasteiger partial charge in [-0.1, -0.05) is 12.1 Å². The molecule has 2 aromatic rings. The van der Waals surface area contributed by atoms with Crippen molar-refractivity contribution >= 4 is 17.6 Å². The van der Waals surface area contributed by atoms with Crippen molar-refractivity contribution in [3.63, 3.8) is 0 Å². The molecular weight excluding hydrogens is 372 g/mol. The van der Waals surface area contributed by atoms with Crippen molar-refractivity contribution in [1.29, 1.82) is 0 Å². The summed E-state index contributed by atoms with van der Waals surface area (Å²) in [6, 6.07) is 14.3. The first-order chi connectivity index (χ1) is 14.1. The minimum absolute atomic E-state index is 0.342. The first-order valence-corrected chi connectivity index (χ1v) is 9.84. The molecule has 7 heteroatoms. The van der Waals surface area contributed by atoms with Crippen molar-refractivity contribution < 1.29 is 28.7 Å². The maximum Gasteiger partial charge on any atom is 0.338 e. The van der Waals surface area contributed by atoms with Gasteiger partial charge < -0.3 is 24.4 Å². The van der Waals surface area contributed by atoms with Gasteiger partial charge in [0.05, 0.1) is 25.4 Å². The van der Waals surface area contributed by atoms with Gasteiger partial charge in [0.25, 0.3) is 5.91 Å². The Labute approximate surface area is 170 Å². The first-order valence-electron chi connectivity index (χ1n) is 9.84. The van der Waals surface area contributed by atoms with Gasteiger partial charge in [0.2, 0.25) is 0 Å². The van der Waals surface area contributed by atoms with Gasteiger partial charge in [-0.15, -0.1) is 0 Å². The standard InChI is InChI=1S/C22H26N2O5/c1-2-28-20-9-7-19(8-10-20)23-21(25)16-29-22(26)18-5-3-17(4-6-18)15-24-11-13-27-14-12-24/h3-10H,2,11-16H2,1H3,(H,23,25)/p+1. The highest BCUT2D eigenvalue weighted by Gasteiger charge is 2.15. The lowest BCUT2D eigenvalue weighted by molar-refractivity contribution is -0.921. The van der Waals surface area contributed by atoms with Crippen molar-refractivity contribution in [3.8, 4) is 5.75 Å². The number of hydrogen-bond donors (Lipinski definition) is 2. The van der Waals surface area contributed by atoms with E-state index in [2.05, 4.69) is 5.32 Å². The molecule has 3 rings (SSSR count). The van der Waals surface area contributed by atoms with Crippen LogP contribution in [-0.2, 0) is 20.8 Å². The molecule has 0 radical (unpaired) electrons. The summed E-state index contributed by atoms with van der Waals surface area (Å²) in [5.74, 6) is -0.178. The van der Waals surface area contributed by atoms with Crippen LogP contribution in [0.5, 0.6) is 5.75 Å². The van der Waals surface area contributed by atoms with Crippen LogP contribution >= 0.6 is 0 Å². The minimum atomic E-state index is -0.517. The molecule has 154 valence electrons. The highest BCUT2D eigenvalue weighted by Crippen LogP contribution is 2.15. The predicted molar refractivity (Wildman–Crippen MR) is 108 cm³/mol. The van der Waals surface area contributed by atoms with E-state index in [-0.39, 0.29) is 6.61 Å². The number of carbonyl (C=O) groups excluding carboxylic acids is 2. The van der Waals surface area contributed by atoms with E-state index in [9.17, 15) is 9.59 Å². The molecule has 1 aliphatic rings. The number of benzene rings is 2. The van der Waals surface area contributed by atoms with E-state index in [1.807, 2.05) is 19.1 Å². The van der Waals surface area contributed by atoms with Crippen LogP contribution in [0, 0.1) is 0 Å². The molecule has 0 saturated carbocycles. The summed E-state index contributed by atoms with van der Waals surface area (Å²) >= 11 is 0. The lowest BCUT2D eigenvalue weighted by Gasteiger charge is -2.23. The fourth-order valence-electron chi connectivity index (χ4n) is 3.10. The normalized spacial score (nSPS) is 14.2. The number of carbonyl (C=O) groups is 2. The maximum absolute atomic E-state index is 12.2. The predicted octanol–water partition coefficient (Wildman–Crippen LogP) is 1.30. The quantitative estimate of drug-likeness (QED) is 0.654. The van der Waals surface area contributed by atoms with E-state index in [0.29, 0.717) is 17.9 Å². The third-order valence-electron chi connectivity index (χ3n) is 4.63. The van der Waals surface area contributed by atoms with Gasteiger partial charge in [-0.25, -0.2) is 4.79 Å². The second-order valence-corrected chi connectivity index (χ2v) is 6.82. The molecule has 1 heterocycles. The molecule has 0 atom stereocenters. The van der Waals surface area contributed by atoms with Crippen molar-refractivity contribution in [2.24, 2.45) is 0 Å². The Bertz CT molecular complexity index is 799. The molecule has 0 spiro atoms. The van der Waals surface area contributed by atoms with Crippen molar-refractivity contribution in [2.45, 2.75) is 13.5 Å². The number of amides is 1. The van der Waals surface area contributed by atoms with Gasteiger partial charge in [0.1, 0.15) is 25.4 Å². The van der Waals surface area contributed by atoms with Crippen LogP contribution in [0.3, 0.4) is 0 Å². The Balaban J connectivity index is 1.43. The largest absolute Gasteiger partial charge is 0.494 e. The van der Waals surface area contributed by atoms with E-state index < -0.39 is 11.9 Å². The van der Waals surface area contributed by atoms with Crippen molar-refractivity contribution in [2.75, 3.05) is 44.8 Å². The van der Waals surface area contributed by atoms with Crippen LogP contribution in [0.2, 0.25) is 0 Å². The summed E-state index contributed by atoms with van der Waals surface area (Å²) in [5, 5.41) is 2.69. The Morgan fingerprint density at radius 1 is 1.03 bits per heavy atom. The van der Waals surface area contributed by atoms with Crippen LogP contribution in [0.25, 0.3) is 0 Å². The molecule has 7 nitrogen and oxygen atoms in total. The number of rotatable bonds is 8. The summed E-state index contributed by atoms with van der Waals surface area (Å²) < 4.78 is 15.8. The van der Waals surface area contributed by atoms with Gasteiger partial charge in [-0.2, -0.15) is 0 Å². The van der Waals surface area contributed by atoms with E-state index >= 15 is 0 Å². The van der Waals surface area contributed by atoms with Gasteiger partial charge in [-0.05, 0) is 43.3 Å². The number of nitrogens with one attached hydrogen (secondary N) is 2. The molecule has 0 aromatic heterocycles. The fourth-order valence-corrected chi connectivity index (χ4v) is 3.10. The Morgan fingerprint density at radius 2 is 1.72 bits per heavy atom. The van der Waals surface area contributed by atoms with E-state index in [0.717, 1.165) is 44.2 Å². The lowest BCUT2D eigenvalue weighted by atomic mass is 10.1. The molecular formula is C22H27N2O5+. The van der Waals surface area contributed by atoms with Gasteiger partial charge in [0.15, 0.2) is 6.61 Å². The lowest BCUT2D eigenvalue weighted by Crippen LogP contribution is -3.12. The van der Waals surface area contributed by atoms with Crippen LogP contribution in [0.15, 0.2) is 48.5 Å². The molecule has 2 N–H and O–H groups in total. The molecule has 1 fully saturated rings. The van der Waals surface area contributed by atoms with Crippen LogP contribution < -0.4 is 15.0 Å². The second kappa shape index (κ2) is 10.6. The highest BCUT2D eigenvalue weighted by atomic mass is 16.5. The van der Waals surface area contributed by atoms with Crippen molar-refractivity contribution in [3.05, 3.63) is 59.7 Å². The van der Waals surface area contributed by atoms with Crippen molar-refractivity contribution in [1.82, 2.24) is 0 Å². The smallest absolute Gasteiger partial charge is 0.338 e. The molecule has 1 amide bonds. The zero-order chi connectivity index (χ0) is 20.5. The zero-order valence-electron chi connectivity index (χ0n) is 16.6. The second-order valence-electron chi connectivity index (χ2n) is 6.82. The summed E-state index contributed by atoms with van der Waals surface area (Å²) in [6.45, 7) is 6.62. The number of morpholine rings is 1. The molecule has 1 aliphatic heterocycles. The summed E-state index contributed by atoms with van der Waals surface area (Å²) in [4.78, 5) is 25.7.